The van der Waals surface area contributed by atoms with Gasteiger partial charge in [-0.05, 0) is 62.2 Å². The number of aryl methyl sites for hydroxylation is 1. The summed E-state index contributed by atoms with van der Waals surface area (Å²) in [4.78, 5) is 15.0. The van der Waals surface area contributed by atoms with Gasteiger partial charge in [0.2, 0.25) is 15.9 Å². The SMILES string of the molecule is CCN(CC)S(=O)(=O)c1ccc(CCC(=O)N(c2ccc(S(C)(=O)=O)cc2)C(C)C)cc1. The summed E-state index contributed by atoms with van der Waals surface area (Å²) >= 11 is 0. The zero-order valence-corrected chi connectivity index (χ0v) is 20.9. The average molecular weight is 481 g/mol. The van der Waals surface area contributed by atoms with Crippen LogP contribution in [0, 0.1) is 0 Å². The van der Waals surface area contributed by atoms with Crippen LogP contribution in [0.2, 0.25) is 0 Å². The third kappa shape index (κ3) is 6.17. The smallest absolute Gasteiger partial charge is 0.243 e. The second-order valence-electron chi connectivity index (χ2n) is 7.86. The van der Waals surface area contributed by atoms with Gasteiger partial charge in [-0.15, -0.1) is 0 Å². The number of benzene rings is 2. The number of rotatable bonds is 10. The van der Waals surface area contributed by atoms with Gasteiger partial charge in [-0.3, -0.25) is 4.79 Å². The second-order valence-corrected chi connectivity index (χ2v) is 11.8. The zero-order chi connectivity index (χ0) is 24.1. The molecule has 0 atom stereocenters. The highest BCUT2D eigenvalue weighted by atomic mass is 32.2. The molecule has 7 nitrogen and oxygen atoms in total. The third-order valence-electron chi connectivity index (χ3n) is 5.22. The lowest BCUT2D eigenvalue weighted by Gasteiger charge is -2.27. The Bertz CT molecular complexity index is 1120. The van der Waals surface area contributed by atoms with E-state index in [0.717, 1.165) is 11.8 Å². The van der Waals surface area contributed by atoms with Crippen molar-refractivity contribution in [3.63, 3.8) is 0 Å². The Labute approximate surface area is 192 Å². The van der Waals surface area contributed by atoms with Crippen LogP contribution in [0.3, 0.4) is 0 Å². The summed E-state index contributed by atoms with van der Waals surface area (Å²) in [5, 5.41) is 0. The van der Waals surface area contributed by atoms with E-state index in [1.165, 1.54) is 16.4 Å². The van der Waals surface area contributed by atoms with Crippen LogP contribution in [0.15, 0.2) is 58.3 Å². The normalized spacial score (nSPS) is 12.3. The van der Waals surface area contributed by atoms with Crippen molar-refractivity contribution in [3.8, 4) is 0 Å². The Morgan fingerprint density at radius 3 is 1.78 bits per heavy atom. The maximum atomic E-state index is 12.9. The van der Waals surface area contributed by atoms with Gasteiger partial charge in [0, 0.05) is 37.5 Å². The van der Waals surface area contributed by atoms with Crippen molar-refractivity contribution in [2.45, 2.75) is 56.4 Å². The Hall–Kier alpha value is -2.23. The van der Waals surface area contributed by atoms with Crippen molar-refractivity contribution in [2.75, 3.05) is 24.2 Å². The minimum absolute atomic E-state index is 0.0908. The largest absolute Gasteiger partial charge is 0.310 e. The van der Waals surface area contributed by atoms with E-state index in [2.05, 4.69) is 0 Å². The fourth-order valence-corrected chi connectivity index (χ4v) is 5.58. The lowest BCUT2D eigenvalue weighted by atomic mass is 10.1. The van der Waals surface area contributed by atoms with E-state index in [9.17, 15) is 21.6 Å². The summed E-state index contributed by atoms with van der Waals surface area (Å²) < 4.78 is 50.0. The molecule has 0 radical (unpaired) electrons. The molecule has 32 heavy (non-hydrogen) atoms. The quantitative estimate of drug-likeness (QED) is 0.519. The Morgan fingerprint density at radius 2 is 1.34 bits per heavy atom. The van der Waals surface area contributed by atoms with E-state index in [4.69, 9.17) is 0 Å². The molecule has 0 unspecified atom stereocenters. The maximum absolute atomic E-state index is 12.9. The number of sulfone groups is 1. The molecule has 0 fully saturated rings. The zero-order valence-electron chi connectivity index (χ0n) is 19.3. The third-order valence-corrected chi connectivity index (χ3v) is 8.41. The number of hydrogen-bond donors (Lipinski definition) is 0. The summed E-state index contributed by atoms with van der Waals surface area (Å²) in [5.41, 5.74) is 1.51. The minimum Gasteiger partial charge on any atom is -0.310 e. The van der Waals surface area contributed by atoms with E-state index in [1.54, 1.807) is 55.1 Å². The molecular formula is C23H32N2O5S2. The topological polar surface area (TPSA) is 91.8 Å². The van der Waals surface area contributed by atoms with Gasteiger partial charge >= 0.3 is 0 Å². The van der Waals surface area contributed by atoms with Crippen molar-refractivity contribution in [3.05, 3.63) is 54.1 Å². The number of sulfonamides is 1. The molecular weight excluding hydrogens is 448 g/mol. The van der Waals surface area contributed by atoms with Gasteiger partial charge in [-0.25, -0.2) is 16.8 Å². The van der Waals surface area contributed by atoms with Crippen LogP contribution in [-0.4, -0.2) is 52.4 Å². The molecule has 0 aliphatic rings. The number of carbonyl (C=O) groups is 1. The molecule has 0 saturated carbocycles. The monoisotopic (exact) mass is 480 g/mol. The highest BCUT2D eigenvalue weighted by molar-refractivity contribution is 7.90. The van der Waals surface area contributed by atoms with Gasteiger partial charge in [0.1, 0.15) is 0 Å². The molecule has 2 aromatic carbocycles. The predicted molar refractivity (Wildman–Crippen MR) is 127 cm³/mol. The first kappa shape index (κ1) is 26.0. The number of hydrogen-bond acceptors (Lipinski definition) is 5. The van der Waals surface area contributed by atoms with Gasteiger partial charge in [-0.1, -0.05) is 26.0 Å². The average Bonchev–Trinajstić information content (AvgIpc) is 2.73. The lowest BCUT2D eigenvalue weighted by molar-refractivity contribution is -0.118. The van der Waals surface area contributed by atoms with Crippen LogP contribution < -0.4 is 4.90 Å². The first-order valence-electron chi connectivity index (χ1n) is 10.6. The molecule has 0 N–H and O–H groups in total. The highest BCUT2D eigenvalue weighted by Crippen LogP contribution is 2.22. The molecule has 0 bridgehead atoms. The molecule has 2 aromatic rings. The first-order chi connectivity index (χ1) is 14.9. The van der Waals surface area contributed by atoms with Gasteiger partial charge < -0.3 is 4.90 Å². The molecule has 0 aromatic heterocycles. The van der Waals surface area contributed by atoms with Crippen molar-refractivity contribution < 1.29 is 21.6 Å². The van der Waals surface area contributed by atoms with Crippen LogP contribution >= 0.6 is 0 Å². The summed E-state index contributed by atoms with van der Waals surface area (Å²) in [5.74, 6) is -0.0908. The van der Waals surface area contributed by atoms with E-state index >= 15 is 0 Å². The van der Waals surface area contributed by atoms with Crippen LogP contribution in [-0.2, 0) is 31.1 Å². The fourth-order valence-electron chi connectivity index (χ4n) is 3.50. The van der Waals surface area contributed by atoms with Gasteiger partial charge in [0.25, 0.3) is 0 Å². The summed E-state index contributed by atoms with van der Waals surface area (Å²) in [7, 11) is -6.81. The Balaban J connectivity index is 2.12. The Morgan fingerprint density at radius 1 is 0.844 bits per heavy atom. The van der Waals surface area contributed by atoms with E-state index < -0.39 is 19.9 Å². The van der Waals surface area contributed by atoms with Crippen LogP contribution in [0.5, 0.6) is 0 Å². The standard InChI is InChI=1S/C23H32N2O5S2/c1-6-24(7-2)32(29,30)22-13-8-19(9-14-22)10-17-23(26)25(18(3)4)20-11-15-21(16-12-20)31(5,27)28/h8-9,11-16,18H,6-7,10,17H2,1-5H3. The fraction of sp³-hybridized carbons (Fsp3) is 0.435. The summed E-state index contributed by atoms with van der Waals surface area (Å²) in [6, 6.07) is 12.8. The minimum atomic E-state index is -3.51. The van der Waals surface area contributed by atoms with E-state index in [0.29, 0.717) is 25.2 Å². The molecule has 0 spiro atoms. The number of nitrogens with zero attached hydrogens (tertiary/aromatic N) is 2. The van der Waals surface area contributed by atoms with Crippen LogP contribution in [0.1, 0.15) is 39.7 Å². The van der Waals surface area contributed by atoms with Gasteiger partial charge in [0.05, 0.1) is 9.79 Å². The number of carbonyl (C=O) groups excluding carboxylic acids is 1. The summed E-state index contributed by atoms with van der Waals surface area (Å²) in [6.07, 6.45) is 1.86. The van der Waals surface area contributed by atoms with Crippen LogP contribution in [0.4, 0.5) is 5.69 Å². The van der Waals surface area contributed by atoms with E-state index in [-0.39, 0.29) is 28.2 Å². The molecule has 9 heteroatoms. The van der Waals surface area contributed by atoms with E-state index in [1.807, 2.05) is 13.8 Å². The summed E-state index contributed by atoms with van der Waals surface area (Å²) in [6.45, 7) is 8.22. The molecule has 0 aliphatic heterocycles. The molecule has 2 rings (SSSR count). The molecule has 0 saturated heterocycles. The second kappa shape index (κ2) is 10.6. The maximum Gasteiger partial charge on any atom is 0.243 e. The molecule has 1 amide bonds. The molecule has 176 valence electrons. The number of anilines is 1. The van der Waals surface area contributed by atoms with Crippen molar-refractivity contribution in [1.29, 1.82) is 0 Å². The highest BCUT2D eigenvalue weighted by Gasteiger charge is 2.22. The number of amides is 1. The van der Waals surface area contributed by atoms with Crippen LogP contribution in [0.25, 0.3) is 0 Å². The van der Waals surface area contributed by atoms with Gasteiger partial charge in [0.15, 0.2) is 9.84 Å². The molecule has 0 aliphatic carbocycles. The van der Waals surface area contributed by atoms with Gasteiger partial charge in [-0.2, -0.15) is 4.31 Å². The van der Waals surface area contributed by atoms with Crippen molar-refractivity contribution >= 4 is 31.5 Å². The van der Waals surface area contributed by atoms with Crippen molar-refractivity contribution in [1.82, 2.24) is 4.31 Å². The van der Waals surface area contributed by atoms with Crippen molar-refractivity contribution in [2.24, 2.45) is 0 Å². The first-order valence-corrected chi connectivity index (χ1v) is 14.0. The lowest BCUT2D eigenvalue weighted by Crippen LogP contribution is -2.37. The Kier molecular flexibility index (Phi) is 8.61. The molecule has 0 heterocycles. The predicted octanol–water partition coefficient (Wildman–Crippen LogP) is 3.49.